The molecule has 3 aromatic rings. The summed E-state index contributed by atoms with van der Waals surface area (Å²) in [5, 5.41) is 0. The van der Waals surface area contributed by atoms with Crippen LogP contribution in [0.15, 0.2) is 48.5 Å². The minimum Gasteiger partial charge on any atom is -0.494 e. The molecule has 0 aliphatic carbocycles. The molecule has 2 aromatic carbocycles. The number of nitrogen functional groups attached to an aromatic ring is 1. The number of imidazole rings is 1. The number of rotatable bonds is 5. The molecule has 1 heterocycles. The van der Waals surface area contributed by atoms with E-state index >= 15 is 0 Å². The number of hydrogen-bond acceptors (Lipinski definition) is 3. The van der Waals surface area contributed by atoms with Gasteiger partial charge in [0.25, 0.3) is 0 Å². The summed E-state index contributed by atoms with van der Waals surface area (Å²) in [4.78, 5) is 4.55. The topological polar surface area (TPSA) is 53.1 Å². The van der Waals surface area contributed by atoms with Crippen molar-refractivity contribution in [2.24, 2.45) is 0 Å². The predicted octanol–water partition coefficient (Wildman–Crippen LogP) is 3.40. The summed E-state index contributed by atoms with van der Waals surface area (Å²) in [7, 11) is 0. The van der Waals surface area contributed by atoms with Gasteiger partial charge in [-0.25, -0.2) is 4.98 Å². The van der Waals surface area contributed by atoms with E-state index in [4.69, 9.17) is 10.5 Å². The number of benzene rings is 2. The van der Waals surface area contributed by atoms with Gasteiger partial charge in [0.2, 0.25) is 0 Å². The number of nitrogens with zero attached hydrogens (tertiary/aromatic N) is 2. The summed E-state index contributed by atoms with van der Waals surface area (Å²) < 4.78 is 7.93. The lowest BCUT2D eigenvalue weighted by molar-refractivity contribution is 0.302. The van der Waals surface area contributed by atoms with Crippen LogP contribution in [0.3, 0.4) is 0 Å². The fraction of sp³-hybridized carbons (Fsp3) is 0.235. The van der Waals surface area contributed by atoms with Gasteiger partial charge in [-0.2, -0.15) is 0 Å². The van der Waals surface area contributed by atoms with Crippen LogP contribution in [0.4, 0.5) is 5.69 Å². The second-order valence-electron chi connectivity index (χ2n) is 5.07. The summed E-state index contributed by atoms with van der Waals surface area (Å²) in [6.45, 7) is 3.60. The van der Waals surface area contributed by atoms with E-state index in [2.05, 4.69) is 9.55 Å². The first-order chi connectivity index (χ1) is 10.2. The predicted molar refractivity (Wildman–Crippen MR) is 85.4 cm³/mol. The second-order valence-corrected chi connectivity index (χ2v) is 5.07. The molecule has 0 aliphatic heterocycles. The number of anilines is 1. The molecule has 0 saturated heterocycles. The lowest BCUT2D eigenvalue weighted by atomic mass is 10.3. The number of aromatic nitrogens is 2. The number of para-hydroxylation sites is 1. The van der Waals surface area contributed by atoms with Crippen LogP contribution in [0, 0.1) is 6.92 Å². The molecular weight excluding hydrogens is 262 g/mol. The van der Waals surface area contributed by atoms with Crippen LogP contribution >= 0.6 is 0 Å². The number of fused-ring (bicyclic) bond motifs is 1. The van der Waals surface area contributed by atoms with Crippen LogP contribution in [-0.4, -0.2) is 16.2 Å². The monoisotopic (exact) mass is 281 g/mol. The molecule has 0 unspecified atom stereocenters. The highest BCUT2D eigenvalue weighted by Gasteiger charge is 2.07. The highest BCUT2D eigenvalue weighted by atomic mass is 16.5. The molecule has 0 spiro atoms. The molecular formula is C17H19N3O. The van der Waals surface area contributed by atoms with Crippen LogP contribution in [0.1, 0.15) is 12.2 Å². The van der Waals surface area contributed by atoms with Gasteiger partial charge in [0.05, 0.1) is 17.6 Å². The lowest BCUT2D eigenvalue weighted by Gasteiger charge is -2.08. The Kier molecular flexibility index (Phi) is 3.77. The number of aryl methyl sites for hydroxylation is 2. The standard InChI is InChI=1S/C17H19N3O/c1-13-19-16-12-14(18)8-9-17(16)20(13)10-5-11-21-15-6-3-2-4-7-15/h2-4,6-9,12H,5,10-11,18H2,1H3. The Morgan fingerprint density at radius 3 is 2.76 bits per heavy atom. The van der Waals surface area contributed by atoms with Crippen molar-refractivity contribution < 1.29 is 4.74 Å². The van der Waals surface area contributed by atoms with Crippen molar-refractivity contribution in [2.75, 3.05) is 12.3 Å². The van der Waals surface area contributed by atoms with Gasteiger partial charge in [-0.15, -0.1) is 0 Å². The van der Waals surface area contributed by atoms with Crippen LogP contribution in [0.2, 0.25) is 0 Å². The Balaban J connectivity index is 1.64. The molecule has 1 aromatic heterocycles. The summed E-state index contributed by atoms with van der Waals surface area (Å²) in [5.41, 5.74) is 8.63. The first-order valence-corrected chi connectivity index (χ1v) is 7.14. The van der Waals surface area contributed by atoms with Gasteiger partial charge in [0, 0.05) is 12.2 Å². The molecule has 0 atom stereocenters. The van der Waals surface area contributed by atoms with Gasteiger partial charge >= 0.3 is 0 Å². The number of ether oxygens (including phenoxy) is 1. The zero-order chi connectivity index (χ0) is 14.7. The molecule has 0 saturated carbocycles. The van der Waals surface area contributed by atoms with E-state index in [0.717, 1.165) is 41.3 Å². The molecule has 2 N–H and O–H groups in total. The summed E-state index contributed by atoms with van der Waals surface area (Å²) in [6, 6.07) is 15.8. The Hall–Kier alpha value is -2.49. The summed E-state index contributed by atoms with van der Waals surface area (Å²) in [6.07, 6.45) is 0.936. The third kappa shape index (κ3) is 2.99. The van der Waals surface area contributed by atoms with Crippen molar-refractivity contribution in [2.45, 2.75) is 19.9 Å². The first-order valence-electron chi connectivity index (χ1n) is 7.14. The Bertz CT molecular complexity index is 734. The SMILES string of the molecule is Cc1nc2cc(N)ccc2n1CCCOc1ccccc1. The maximum absolute atomic E-state index is 5.80. The van der Waals surface area contributed by atoms with Crippen molar-refractivity contribution in [1.82, 2.24) is 9.55 Å². The molecule has 0 aliphatic rings. The molecule has 21 heavy (non-hydrogen) atoms. The van der Waals surface area contributed by atoms with Crippen molar-refractivity contribution in [3.8, 4) is 5.75 Å². The quantitative estimate of drug-likeness (QED) is 0.576. The fourth-order valence-electron chi connectivity index (χ4n) is 2.48. The minimum atomic E-state index is 0.693. The van der Waals surface area contributed by atoms with E-state index < -0.39 is 0 Å². The van der Waals surface area contributed by atoms with Crippen LogP contribution < -0.4 is 10.5 Å². The van der Waals surface area contributed by atoms with Crippen molar-refractivity contribution in [1.29, 1.82) is 0 Å². The van der Waals surface area contributed by atoms with Gasteiger partial charge in [0.15, 0.2) is 0 Å². The van der Waals surface area contributed by atoms with Crippen LogP contribution in [0.5, 0.6) is 5.75 Å². The normalized spacial score (nSPS) is 10.9. The van der Waals surface area contributed by atoms with E-state index in [0.29, 0.717) is 6.61 Å². The Morgan fingerprint density at radius 2 is 1.95 bits per heavy atom. The van der Waals surface area contributed by atoms with E-state index in [-0.39, 0.29) is 0 Å². The van der Waals surface area contributed by atoms with E-state index in [1.807, 2.05) is 55.5 Å². The highest BCUT2D eigenvalue weighted by molar-refractivity contribution is 5.79. The maximum atomic E-state index is 5.80. The van der Waals surface area contributed by atoms with Crippen molar-refractivity contribution in [3.63, 3.8) is 0 Å². The van der Waals surface area contributed by atoms with Crippen molar-refractivity contribution >= 4 is 16.7 Å². The van der Waals surface area contributed by atoms with Gasteiger partial charge in [0.1, 0.15) is 11.6 Å². The zero-order valence-corrected chi connectivity index (χ0v) is 12.1. The molecule has 0 bridgehead atoms. The summed E-state index contributed by atoms with van der Waals surface area (Å²) in [5.74, 6) is 1.92. The largest absolute Gasteiger partial charge is 0.494 e. The fourth-order valence-corrected chi connectivity index (χ4v) is 2.48. The van der Waals surface area contributed by atoms with Gasteiger partial charge in [-0.3, -0.25) is 0 Å². The lowest BCUT2D eigenvalue weighted by Crippen LogP contribution is -2.06. The Labute approximate surface area is 124 Å². The number of hydrogen-bond donors (Lipinski definition) is 1. The average molecular weight is 281 g/mol. The van der Waals surface area contributed by atoms with Gasteiger partial charge in [-0.05, 0) is 43.7 Å². The highest BCUT2D eigenvalue weighted by Crippen LogP contribution is 2.19. The molecule has 0 amide bonds. The number of nitrogens with two attached hydrogens (primary N) is 1. The van der Waals surface area contributed by atoms with Crippen LogP contribution in [-0.2, 0) is 6.54 Å². The molecule has 4 heteroatoms. The van der Waals surface area contributed by atoms with E-state index in [1.54, 1.807) is 0 Å². The van der Waals surface area contributed by atoms with E-state index in [1.165, 1.54) is 0 Å². The van der Waals surface area contributed by atoms with Gasteiger partial charge < -0.3 is 15.0 Å². The molecule has 0 radical (unpaired) electrons. The Morgan fingerprint density at radius 1 is 1.14 bits per heavy atom. The second kappa shape index (κ2) is 5.87. The minimum absolute atomic E-state index is 0.693. The average Bonchev–Trinajstić information content (AvgIpc) is 2.79. The first kappa shape index (κ1) is 13.5. The zero-order valence-electron chi connectivity index (χ0n) is 12.1. The third-order valence-electron chi connectivity index (χ3n) is 3.50. The van der Waals surface area contributed by atoms with Crippen LogP contribution in [0.25, 0.3) is 11.0 Å². The molecule has 4 nitrogen and oxygen atoms in total. The molecule has 3 rings (SSSR count). The smallest absolute Gasteiger partial charge is 0.119 e. The third-order valence-corrected chi connectivity index (χ3v) is 3.50. The molecule has 108 valence electrons. The maximum Gasteiger partial charge on any atom is 0.119 e. The van der Waals surface area contributed by atoms with Gasteiger partial charge in [-0.1, -0.05) is 18.2 Å². The van der Waals surface area contributed by atoms with E-state index in [9.17, 15) is 0 Å². The summed E-state index contributed by atoms with van der Waals surface area (Å²) >= 11 is 0. The molecule has 0 fully saturated rings. The van der Waals surface area contributed by atoms with Crippen molar-refractivity contribution in [3.05, 3.63) is 54.4 Å².